The maximum Gasteiger partial charge on any atom is 0.170 e. The van der Waals surface area contributed by atoms with Gasteiger partial charge in [-0.3, -0.25) is 4.90 Å². The van der Waals surface area contributed by atoms with E-state index in [0.717, 1.165) is 31.4 Å². The lowest BCUT2D eigenvalue weighted by Gasteiger charge is -2.39. The van der Waals surface area contributed by atoms with Gasteiger partial charge in [-0.25, -0.2) is 0 Å². The Labute approximate surface area is 135 Å². The van der Waals surface area contributed by atoms with Crippen LogP contribution >= 0.6 is 0 Å². The molecular formula is C17H24FNO4. The van der Waals surface area contributed by atoms with Crippen molar-refractivity contribution in [2.75, 3.05) is 20.7 Å². The molecule has 2 unspecified atom stereocenters. The number of aldehydes is 1. The summed E-state index contributed by atoms with van der Waals surface area (Å²) >= 11 is 0. The van der Waals surface area contributed by atoms with Crippen molar-refractivity contribution in [1.82, 2.24) is 4.90 Å². The number of aromatic hydroxyl groups is 1. The van der Waals surface area contributed by atoms with Crippen molar-refractivity contribution in [2.24, 2.45) is 0 Å². The number of benzene rings is 1. The largest absolute Gasteiger partial charge is 0.504 e. The first kappa shape index (κ1) is 17.7. The number of methoxy groups -OCH3 is 1. The number of likely N-dealkylation sites (tertiary alicyclic amines) is 1. The number of ether oxygens (including phenoxy) is 1. The van der Waals surface area contributed by atoms with E-state index in [-0.39, 0.29) is 5.75 Å². The third kappa shape index (κ3) is 3.05. The van der Waals surface area contributed by atoms with Crippen LogP contribution in [0.1, 0.15) is 31.7 Å². The van der Waals surface area contributed by atoms with Gasteiger partial charge in [0.15, 0.2) is 23.9 Å². The van der Waals surface area contributed by atoms with Crippen molar-refractivity contribution >= 4 is 6.29 Å². The smallest absolute Gasteiger partial charge is 0.170 e. The van der Waals surface area contributed by atoms with Crippen LogP contribution in [0.15, 0.2) is 18.2 Å². The number of nitrogens with zero attached hydrogens (tertiary/aromatic N) is 1. The Hall–Kier alpha value is -1.66. The molecule has 6 heteroatoms. The topological polar surface area (TPSA) is 59.0 Å². The van der Waals surface area contributed by atoms with Gasteiger partial charge in [-0.15, -0.1) is 0 Å². The molecule has 1 aliphatic heterocycles. The van der Waals surface area contributed by atoms with Gasteiger partial charge in [0.25, 0.3) is 0 Å². The second kappa shape index (κ2) is 7.27. The molecule has 1 fully saturated rings. The van der Waals surface area contributed by atoms with E-state index in [1.54, 1.807) is 12.1 Å². The Kier molecular flexibility index (Phi) is 5.59. The molecule has 0 radical (unpaired) electrons. The summed E-state index contributed by atoms with van der Waals surface area (Å²) < 4.78 is 18.2. The van der Waals surface area contributed by atoms with Crippen molar-refractivity contribution in [3.63, 3.8) is 0 Å². The fraction of sp³-hybridized carbons (Fsp3) is 0.588. The summed E-state index contributed by atoms with van der Waals surface area (Å²) in [4.78, 5) is 17.2. The van der Waals surface area contributed by atoms with E-state index in [1.807, 2.05) is 18.0 Å². The molecule has 1 saturated heterocycles. The fourth-order valence-electron chi connectivity index (χ4n) is 3.96. The van der Waals surface area contributed by atoms with Crippen LogP contribution in [0.25, 0.3) is 0 Å². The summed E-state index contributed by atoms with van der Waals surface area (Å²) in [5, 5.41) is 9.83. The van der Waals surface area contributed by atoms with Gasteiger partial charge < -0.3 is 14.6 Å². The van der Waals surface area contributed by atoms with E-state index in [4.69, 9.17) is 4.74 Å². The van der Waals surface area contributed by atoms with Gasteiger partial charge in [-0.2, -0.15) is 4.94 Å². The lowest BCUT2D eigenvalue weighted by atomic mass is 9.69. The third-order valence-corrected chi connectivity index (χ3v) is 4.95. The van der Waals surface area contributed by atoms with E-state index in [2.05, 4.69) is 11.9 Å². The first-order valence-corrected chi connectivity index (χ1v) is 7.84. The first-order valence-electron chi connectivity index (χ1n) is 7.84. The van der Waals surface area contributed by atoms with Gasteiger partial charge in [-0.05, 0) is 48.7 Å². The molecule has 5 nitrogen and oxygen atoms in total. The van der Waals surface area contributed by atoms with Gasteiger partial charge in [-0.1, -0.05) is 19.4 Å². The highest BCUT2D eigenvalue weighted by molar-refractivity contribution is 5.59. The molecule has 0 bridgehead atoms. The number of hydrogen-bond acceptors (Lipinski definition) is 5. The van der Waals surface area contributed by atoms with E-state index in [9.17, 15) is 14.4 Å². The molecule has 1 N–H and O–H groups in total. The van der Waals surface area contributed by atoms with Crippen LogP contribution in [-0.2, 0) is 15.2 Å². The van der Waals surface area contributed by atoms with Crippen molar-refractivity contribution in [3.8, 4) is 11.5 Å². The molecule has 128 valence electrons. The zero-order chi connectivity index (χ0) is 17.0. The molecule has 0 aliphatic carbocycles. The molecule has 1 aliphatic rings. The normalized spacial score (nSPS) is 26.2. The number of halogens is 1. The zero-order valence-electron chi connectivity index (χ0n) is 13.8. The predicted molar refractivity (Wildman–Crippen MR) is 84.3 cm³/mol. The third-order valence-electron chi connectivity index (χ3n) is 4.95. The number of phenols is 1. The van der Waals surface area contributed by atoms with Crippen molar-refractivity contribution < 1.29 is 24.1 Å². The average Bonchev–Trinajstić information content (AvgIpc) is 2.88. The van der Waals surface area contributed by atoms with Gasteiger partial charge in [0, 0.05) is 5.41 Å². The quantitative estimate of drug-likeness (QED) is 0.781. The highest BCUT2D eigenvalue weighted by Gasteiger charge is 2.51. The molecular weight excluding hydrogens is 301 g/mol. The summed E-state index contributed by atoms with van der Waals surface area (Å²) in [5.74, 6) is 0.426. The summed E-state index contributed by atoms with van der Waals surface area (Å²) in [6, 6.07) is 4.77. The standard InChI is InChI=1S/C17H24FNO4/c1-4-7-17(12-5-6-13(21)14(10-12)22-3)8-9-19(2)16(17)15(11-20)23-18/h5-6,10-11,15-16,21H,4,7-9H2,1-3H3/t15-,16?,17?/m1/s1. The fourth-order valence-corrected chi connectivity index (χ4v) is 3.96. The lowest BCUT2D eigenvalue weighted by Crippen LogP contribution is -2.50. The van der Waals surface area contributed by atoms with Crippen molar-refractivity contribution in [3.05, 3.63) is 23.8 Å². The van der Waals surface area contributed by atoms with Crippen LogP contribution in [0, 0.1) is 0 Å². The van der Waals surface area contributed by atoms with Gasteiger partial charge in [0.2, 0.25) is 0 Å². The van der Waals surface area contributed by atoms with Crippen LogP contribution in [0.5, 0.6) is 11.5 Å². The number of carbonyl (C=O) groups excluding carboxylic acids is 1. The maximum absolute atomic E-state index is 13.0. The number of likely N-dealkylation sites (N-methyl/N-ethyl adjacent to an activating group) is 1. The van der Waals surface area contributed by atoms with E-state index in [0.29, 0.717) is 12.0 Å². The summed E-state index contributed by atoms with van der Waals surface area (Å²) in [6.45, 7) is 2.79. The summed E-state index contributed by atoms with van der Waals surface area (Å²) in [6.07, 6.45) is 1.82. The Morgan fingerprint density at radius 3 is 2.87 bits per heavy atom. The Morgan fingerprint density at radius 2 is 2.30 bits per heavy atom. The van der Waals surface area contributed by atoms with E-state index in [1.165, 1.54) is 7.11 Å². The van der Waals surface area contributed by atoms with Crippen molar-refractivity contribution in [1.29, 1.82) is 0 Å². The predicted octanol–water partition coefficient (Wildman–Crippen LogP) is 2.61. The van der Waals surface area contributed by atoms with E-state index >= 15 is 0 Å². The molecule has 0 amide bonds. The van der Waals surface area contributed by atoms with Gasteiger partial charge in [0.05, 0.1) is 13.2 Å². The molecule has 0 aromatic heterocycles. The molecule has 3 atom stereocenters. The van der Waals surface area contributed by atoms with Crippen LogP contribution in [0.2, 0.25) is 0 Å². The molecule has 2 rings (SSSR count). The molecule has 1 aromatic rings. The lowest BCUT2D eigenvalue weighted by molar-refractivity contribution is -0.195. The molecule has 1 aromatic carbocycles. The highest BCUT2D eigenvalue weighted by Crippen LogP contribution is 2.46. The second-order valence-corrected chi connectivity index (χ2v) is 6.16. The number of carbonyl (C=O) groups is 1. The molecule has 23 heavy (non-hydrogen) atoms. The number of rotatable bonds is 7. The minimum Gasteiger partial charge on any atom is -0.504 e. The monoisotopic (exact) mass is 325 g/mol. The minimum absolute atomic E-state index is 0.0551. The van der Waals surface area contributed by atoms with Gasteiger partial charge in [0.1, 0.15) is 0 Å². The Balaban J connectivity index is 2.55. The van der Waals surface area contributed by atoms with Crippen LogP contribution in [-0.4, -0.2) is 49.1 Å². The second-order valence-electron chi connectivity index (χ2n) is 6.16. The number of phenolic OH excluding ortho intramolecular Hbond substituents is 1. The zero-order valence-corrected chi connectivity index (χ0v) is 13.8. The maximum atomic E-state index is 13.0. The van der Waals surface area contributed by atoms with Crippen molar-refractivity contribution in [2.45, 2.75) is 43.7 Å². The highest BCUT2D eigenvalue weighted by atomic mass is 19.3. The first-order chi connectivity index (χ1) is 11.0. The van der Waals surface area contributed by atoms with E-state index < -0.39 is 17.6 Å². The number of hydrogen-bond donors (Lipinski definition) is 1. The Morgan fingerprint density at radius 1 is 1.57 bits per heavy atom. The minimum atomic E-state index is -1.14. The Bertz CT molecular complexity index is 549. The van der Waals surface area contributed by atoms with Crippen LogP contribution in [0.4, 0.5) is 4.53 Å². The van der Waals surface area contributed by atoms with Gasteiger partial charge >= 0.3 is 0 Å². The summed E-state index contributed by atoms with van der Waals surface area (Å²) in [5.41, 5.74) is 0.495. The van der Waals surface area contributed by atoms with Crippen LogP contribution in [0.3, 0.4) is 0 Å². The molecule has 0 saturated carbocycles. The molecule has 1 heterocycles. The molecule has 0 spiro atoms. The average molecular weight is 325 g/mol. The van der Waals surface area contributed by atoms with Crippen LogP contribution < -0.4 is 4.74 Å². The SMILES string of the molecule is CCCC1(c2ccc(O)c(OC)c2)CCN(C)C1[C@@H](C=O)OF. The summed E-state index contributed by atoms with van der Waals surface area (Å²) in [7, 11) is 3.36.